The molecule has 2 atom stereocenters. The van der Waals surface area contributed by atoms with E-state index in [9.17, 15) is 9.70 Å². The summed E-state index contributed by atoms with van der Waals surface area (Å²) in [6.07, 6.45) is 7.99. The van der Waals surface area contributed by atoms with E-state index in [1.165, 1.54) is 0 Å². The summed E-state index contributed by atoms with van der Waals surface area (Å²) in [7, 11) is 0. The summed E-state index contributed by atoms with van der Waals surface area (Å²) in [5, 5.41) is 3.67. The molecular weight excluding hydrogens is 256 g/mol. The van der Waals surface area contributed by atoms with Crippen LogP contribution >= 0.6 is 0 Å². The molecule has 0 aromatic heterocycles. The largest absolute Gasteiger partial charge is 0.362 e. The van der Waals surface area contributed by atoms with Crippen LogP contribution in [-0.4, -0.2) is 39.5 Å². The molecule has 0 N–H and O–H groups in total. The molecule has 0 spiro atoms. The average Bonchev–Trinajstić information content (AvgIpc) is 2.92. The molecule has 2 unspecified atom stereocenters. The van der Waals surface area contributed by atoms with Gasteiger partial charge in [0.25, 0.3) is 0 Å². The predicted molar refractivity (Wildman–Crippen MR) is 74.3 cm³/mol. The standard InChI is InChI=1S/C14H19N4O2/c1-3-4-6-11-13(19)10(2)12-14(18(11)20)17-8-5-7-16(17)9-15-12/h5,7,9-11H,3-4,6,8H2,1-2H3/q+1. The third kappa shape index (κ3) is 1.78. The molecule has 0 aliphatic carbocycles. The van der Waals surface area contributed by atoms with Gasteiger partial charge in [0.1, 0.15) is 18.6 Å². The van der Waals surface area contributed by atoms with Crippen LogP contribution in [0.25, 0.3) is 0 Å². The van der Waals surface area contributed by atoms with Crippen molar-refractivity contribution in [3.63, 3.8) is 0 Å². The van der Waals surface area contributed by atoms with Crippen molar-refractivity contribution in [2.45, 2.75) is 39.2 Å². The summed E-state index contributed by atoms with van der Waals surface area (Å²) in [6.45, 7) is 4.55. The Morgan fingerprint density at radius 2 is 2.30 bits per heavy atom. The topological polar surface area (TPSA) is 56.0 Å². The number of carbonyl (C=O) groups excluding carboxylic acids is 1. The molecule has 106 valence electrons. The first kappa shape index (κ1) is 13.0. The lowest BCUT2D eigenvalue weighted by atomic mass is 9.90. The minimum absolute atomic E-state index is 0.00930. The van der Waals surface area contributed by atoms with E-state index >= 15 is 0 Å². The number of hydrogen-bond donors (Lipinski definition) is 0. The van der Waals surface area contributed by atoms with Gasteiger partial charge < -0.3 is 0 Å². The maximum atomic E-state index is 12.6. The van der Waals surface area contributed by atoms with Crippen molar-refractivity contribution < 1.29 is 9.55 Å². The zero-order valence-corrected chi connectivity index (χ0v) is 11.8. The smallest absolute Gasteiger partial charge is 0.294 e. The van der Waals surface area contributed by atoms with Crippen LogP contribution in [-0.2, 0) is 4.79 Å². The van der Waals surface area contributed by atoms with Crippen molar-refractivity contribution in [2.24, 2.45) is 10.9 Å². The van der Waals surface area contributed by atoms with Crippen LogP contribution in [0.3, 0.4) is 0 Å². The first-order chi connectivity index (χ1) is 9.65. The Bertz CT molecular complexity index is 549. The van der Waals surface area contributed by atoms with Crippen LogP contribution in [0.5, 0.6) is 0 Å². The summed E-state index contributed by atoms with van der Waals surface area (Å²) in [5.74, 6) is 0.215. The van der Waals surface area contributed by atoms with Crippen LogP contribution < -0.4 is 0 Å². The number of Topliss-reactive ketones (excluding diaryl/α,β-unsaturated/α-hetero) is 1. The second kappa shape index (κ2) is 4.85. The van der Waals surface area contributed by atoms with Crippen molar-refractivity contribution in [2.75, 3.05) is 6.54 Å². The molecule has 20 heavy (non-hydrogen) atoms. The maximum absolute atomic E-state index is 12.6. The zero-order chi connectivity index (χ0) is 14.3. The number of nitrogens with zero attached hydrogens (tertiary/aromatic N) is 4. The lowest BCUT2D eigenvalue weighted by Crippen LogP contribution is -2.50. The lowest BCUT2D eigenvalue weighted by Gasteiger charge is -2.31. The molecule has 0 aromatic rings. The predicted octanol–water partition coefficient (Wildman–Crippen LogP) is 1.80. The first-order valence-electron chi connectivity index (χ1n) is 7.16. The van der Waals surface area contributed by atoms with Gasteiger partial charge in [-0.15, -0.1) is 5.01 Å². The van der Waals surface area contributed by atoms with Gasteiger partial charge in [0, 0.05) is 6.20 Å². The van der Waals surface area contributed by atoms with E-state index in [0.717, 1.165) is 17.6 Å². The number of ketones is 1. The fourth-order valence-electron chi connectivity index (χ4n) is 2.91. The maximum Gasteiger partial charge on any atom is 0.362 e. The Hall–Kier alpha value is -1.98. The normalized spacial score (nSPS) is 28.3. The minimum atomic E-state index is -0.570. The first-order valence-corrected chi connectivity index (χ1v) is 7.16. The molecule has 6 nitrogen and oxygen atoms in total. The Morgan fingerprint density at radius 1 is 1.50 bits per heavy atom. The molecule has 0 radical (unpaired) electrons. The van der Waals surface area contributed by atoms with Crippen LogP contribution in [0.2, 0.25) is 0 Å². The van der Waals surface area contributed by atoms with Crippen molar-refractivity contribution in [3.8, 4) is 0 Å². The fourth-order valence-corrected chi connectivity index (χ4v) is 2.91. The van der Waals surface area contributed by atoms with E-state index in [2.05, 4.69) is 11.9 Å². The monoisotopic (exact) mass is 275 g/mol. The Kier molecular flexibility index (Phi) is 3.16. The van der Waals surface area contributed by atoms with E-state index < -0.39 is 6.04 Å². The summed E-state index contributed by atoms with van der Waals surface area (Å²) in [5.41, 5.74) is 0.595. The summed E-state index contributed by atoms with van der Waals surface area (Å²) >= 11 is 0. The minimum Gasteiger partial charge on any atom is -0.294 e. The summed E-state index contributed by atoms with van der Waals surface area (Å²) < 4.78 is 0.879. The third-order valence-electron chi connectivity index (χ3n) is 4.09. The summed E-state index contributed by atoms with van der Waals surface area (Å²) in [4.78, 5) is 29.3. The van der Waals surface area contributed by atoms with Crippen LogP contribution in [0.15, 0.2) is 28.8 Å². The van der Waals surface area contributed by atoms with Crippen molar-refractivity contribution >= 4 is 12.1 Å². The number of carbonyl (C=O) groups is 1. The van der Waals surface area contributed by atoms with Crippen molar-refractivity contribution in [1.29, 1.82) is 0 Å². The molecule has 0 amide bonds. The van der Waals surface area contributed by atoms with Gasteiger partial charge in [0.15, 0.2) is 5.78 Å². The number of hydrazine groups is 1. The van der Waals surface area contributed by atoms with Crippen LogP contribution in [0.1, 0.15) is 33.1 Å². The second-order valence-electron chi connectivity index (χ2n) is 5.41. The van der Waals surface area contributed by atoms with Gasteiger partial charge in [-0.3, -0.25) is 4.79 Å². The van der Waals surface area contributed by atoms with E-state index in [4.69, 9.17) is 0 Å². The highest BCUT2D eigenvalue weighted by molar-refractivity contribution is 5.88. The Balaban J connectivity index is 1.97. The van der Waals surface area contributed by atoms with E-state index in [0.29, 0.717) is 24.5 Å². The highest BCUT2D eigenvalue weighted by Gasteiger charge is 2.50. The molecule has 3 aliphatic rings. The van der Waals surface area contributed by atoms with E-state index in [-0.39, 0.29) is 11.7 Å². The van der Waals surface area contributed by atoms with Gasteiger partial charge in [-0.05, 0) is 30.6 Å². The number of fused-ring (bicyclic) bond motifs is 2. The van der Waals surface area contributed by atoms with Crippen molar-refractivity contribution in [1.82, 2.24) is 10.0 Å². The highest BCUT2D eigenvalue weighted by Crippen LogP contribution is 2.34. The van der Waals surface area contributed by atoms with E-state index in [1.54, 1.807) is 11.3 Å². The Labute approximate surface area is 118 Å². The molecular formula is C14H19N4O2+. The SMILES string of the molecule is CCCCC1C(=O)C(C)C2=C(N3CC=CN3C=N2)[N+]1=O. The molecule has 0 fully saturated rings. The van der Waals surface area contributed by atoms with Crippen LogP contribution in [0.4, 0.5) is 0 Å². The van der Waals surface area contributed by atoms with Crippen LogP contribution in [0, 0.1) is 10.8 Å². The molecule has 3 heterocycles. The molecule has 0 saturated heterocycles. The van der Waals surface area contributed by atoms with Gasteiger partial charge in [0.05, 0.1) is 5.92 Å². The summed E-state index contributed by atoms with van der Waals surface area (Å²) in [6, 6.07) is -0.570. The lowest BCUT2D eigenvalue weighted by molar-refractivity contribution is -0.551. The number of rotatable bonds is 3. The number of hydrogen-bond acceptors (Lipinski definition) is 5. The van der Waals surface area contributed by atoms with Gasteiger partial charge >= 0.3 is 5.82 Å². The molecule has 0 aromatic carbocycles. The molecule has 0 bridgehead atoms. The molecule has 0 saturated carbocycles. The van der Waals surface area contributed by atoms with Crippen molar-refractivity contribution in [3.05, 3.63) is 28.7 Å². The van der Waals surface area contributed by atoms with E-state index in [1.807, 2.05) is 24.2 Å². The number of nitroso groups, excluding NO2 is 1. The van der Waals surface area contributed by atoms with Gasteiger partial charge in [0.2, 0.25) is 6.04 Å². The van der Waals surface area contributed by atoms with Gasteiger partial charge in [-0.25, -0.2) is 4.99 Å². The van der Waals surface area contributed by atoms with Gasteiger partial charge in [-0.1, -0.05) is 18.3 Å². The number of aliphatic imine (C=N–C) groups is 1. The van der Waals surface area contributed by atoms with Gasteiger partial charge in [-0.2, -0.15) is 5.01 Å². The third-order valence-corrected chi connectivity index (χ3v) is 4.09. The zero-order valence-electron chi connectivity index (χ0n) is 11.8. The molecule has 3 rings (SSSR count). The molecule has 3 aliphatic heterocycles. The number of allylic oxidation sites excluding steroid dienone is 1. The second-order valence-corrected chi connectivity index (χ2v) is 5.41. The molecule has 6 heteroatoms. The quantitative estimate of drug-likeness (QED) is 0.737. The number of unbranched alkanes of at least 4 members (excludes halogenated alkanes) is 1. The average molecular weight is 275 g/mol. The highest BCUT2D eigenvalue weighted by atomic mass is 16.3. The fraction of sp³-hybridized carbons (Fsp3) is 0.571. The Morgan fingerprint density at radius 3 is 3.05 bits per heavy atom.